The zero-order valence-electron chi connectivity index (χ0n) is 8.95. The van der Waals surface area contributed by atoms with Crippen LogP contribution in [0.1, 0.15) is 25.7 Å². The molecule has 4 heteroatoms. The van der Waals surface area contributed by atoms with Crippen LogP contribution in [0.3, 0.4) is 0 Å². The van der Waals surface area contributed by atoms with Gasteiger partial charge in [-0.25, -0.2) is 0 Å². The fourth-order valence-corrected chi connectivity index (χ4v) is 2.69. The van der Waals surface area contributed by atoms with Crippen LogP contribution in [0.25, 0.3) is 0 Å². The van der Waals surface area contributed by atoms with E-state index >= 15 is 0 Å². The number of ether oxygens (including phenoxy) is 1. The van der Waals surface area contributed by atoms with Crippen LogP contribution in [0.15, 0.2) is 0 Å². The summed E-state index contributed by atoms with van der Waals surface area (Å²) < 4.78 is 5.37. The van der Waals surface area contributed by atoms with Crippen LogP contribution >= 0.6 is 0 Å². The second-order valence-electron chi connectivity index (χ2n) is 4.67. The van der Waals surface area contributed by atoms with Gasteiger partial charge in [0.25, 0.3) is 0 Å². The lowest BCUT2D eigenvalue weighted by atomic mass is 9.83. The predicted molar refractivity (Wildman–Crippen MR) is 55.7 cm³/mol. The molecule has 0 aromatic carbocycles. The van der Waals surface area contributed by atoms with Gasteiger partial charge in [-0.2, -0.15) is 0 Å². The first-order valence-electron chi connectivity index (χ1n) is 5.78. The molecule has 0 aromatic rings. The first-order chi connectivity index (χ1) is 7.25. The minimum absolute atomic E-state index is 0.325. The maximum atomic E-state index is 10.7. The van der Waals surface area contributed by atoms with Crippen molar-refractivity contribution in [2.75, 3.05) is 19.8 Å². The highest BCUT2D eigenvalue weighted by molar-refractivity contribution is 5.67. The first-order valence-corrected chi connectivity index (χ1v) is 5.78. The number of carboxylic acids is 1. The average molecular weight is 213 g/mol. The fraction of sp³-hybridized carbons (Fsp3) is 0.909. The van der Waals surface area contributed by atoms with E-state index in [0.29, 0.717) is 24.3 Å². The molecule has 2 fully saturated rings. The third-order valence-electron chi connectivity index (χ3n) is 3.54. The van der Waals surface area contributed by atoms with Gasteiger partial charge in [-0.3, -0.25) is 4.79 Å². The van der Waals surface area contributed by atoms with Crippen molar-refractivity contribution in [1.29, 1.82) is 0 Å². The molecule has 2 aliphatic rings. The lowest BCUT2D eigenvalue weighted by molar-refractivity contribution is -0.138. The normalized spacial score (nSPS) is 36.7. The zero-order chi connectivity index (χ0) is 10.7. The van der Waals surface area contributed by atoms with E-state index in [1.165, 1.54) is 0 Å². The molecular formula is C11H19NO3. The van der Waals surface area contributed by atoms with Crippen molar-refractivity contribution in [1.82, 2.24) is 5.32 Å². The summed E-state index contributed by atoms with van der Waals surface area (Å²) in [5, 5.41) is 12.3. The Bertz CT molecular complexity index is 226. The van der Waals surface area contributed by atoms with Gasteiger partial charge in [0.15, 0.2) is 0 Å². The minimum Gasteiger partial charge on any atom is -0.481 e. The van der Waals surface area contributed by atoms with Gasteiger partial charge in [-0.1, -0.05) is 0 Å². The monoisotopic (exact) mass is 213 g/mol. The molecule has 0 aliphatic carbocycles. The number of hydrogen-bond acceptors (Lipinski definition) is 3. The van der Waals surface area contributed by atoms with E-state index in [1.54, 1.807) is 0 Å². The molecule has 3 unspecified atom stereocenters. The highest BCUT2D eigenvalue weighted by Crippen LogP contribution is 2.27. The van der Waals surface area contributed by atoms with E-state index in [0.717, 1.165) is 39.0 Å². The fourth-order valence-electron chi connectivity index (χ4n) is 2.69. The Balaban J connectivity index is 1.83. The van der Waals surface area contributed by atoms with Crippen LogP contribution < -0.4 is 5.32 Å². The number of aliphatic carboxylic acids is 1. The molecule has 15 heavy (non-hydrogen) atoms. The van der Waals surface area contributed by atoms with Crippen LogP contribution in [0.4, 0.5) is 0 Å². The number of hydrogen-bond donors (Lipinski definition) is 2. The van der Waals surface area contributed by atoms with E-state index in [4.69, 9.17) is 9.84 Å². The Morgan fingerprint density at radius 1 is 1.47 bits per heavy atom. The molecule has 2 rings (SSSR count). The zero-order valence-corrected chi connectivity index (χ0v) is 8.95. The molecule has 2 heterocycles. The van der Waals surface area contributed by atoms with Gasteiger partial charge in [0.1, 0.15) is 0 Å². The second-order valence-corrected chi connectivity index (χ2v) is 4.67. The molecular weight excluding hydrogens is 194 g/mol. The third kappa shape index (κ3) is 2.92. The summed E-state index contributed by atoms with van der Waals surface area (Å²) >= 11 is 0. The third-order valence-corrected chi connectivity index (χ3v) is 3.54. The highest BCUT2D eigenvalue weighted by atomic mass is 16.5. The van der Waals surface area contributed by atoms with Crippen molar-refractivity contribution in [2.24, 2.45) is 11.8 Å². The van der Waals surface area contributed by atoms with Crippen LogP contribution in [-0.2, 0) is 9.53 Å². The molecule has 0 radical (unpaired) electrons. The van der Waals surface area contributed by atoms with E-state index in [-0.39, 0.29) is 0 Å². The summed E-state index contributed by atoms with van der Waals surface area (Å²) in [6.45, 7) is 2.67. The number of rotatable bonds is 3. The topological polar surface area (TPSA) is 58.6 Å². The molecule has 3 atom stereocenters. The standard InChI is InChI=1S/C11H19NO3/c13-11(14)6-8-1-3-12-10(5-8)9-2-4-15-7-9/h8-10,12H,1-7H2,(H,13,14). The van der Waals surface area contributed by atoms with Crippen molar-refractivity contribution in [3.63, 3.8) is 0 Å². The Hall–Kier alpha value is -0.610. The Morgan fingerprint density at radius 3 is 3.00 bits per heavy atom. The van der Waals surface area contributed by atoms with E-state index < -0.39 is 5.97 Å². The van der Waals surface area contributed by atoms with E-state index in [1.807, 2.05) is 0 Å². The Labute approximate surface area is 90.0 Å². The quantitative estimate of drug-likeness (QED) is 0.730. The van der Waals surface area contributed by atoms with Crippen LogP contribution in [0.5, 0.6) is 0 Å². The molecule has 4 nitrogen and oxygen atoms in total. The summed E-state index contributed by atoms with van der Waals surface area (Å²) in [7, 11) is 0. The van der Waals surface area contributed by atoms with Crippen molar-refractivity contribution in [3.05, 3.63) is 0 Å². The summed E-state index contributed by atoms with van der Waals surface area (Å²) in [6.07, 6.45) is 3.44. The minimum atomic E-state index is -0.664. The molecule has 0 saturated carbocycles. The van der Waals surface area contributed by atoms with Gasteiger partial charge in [0.2, 0.25) is 0 Å². The van der Waals surface area contributed by atoms with Crippen molar-refractivity contribution >= 4 is 5.97 Å². The summed E-state index contributed by atoms with van der Waals surface area (Å²) in [5.74, 6) is 0.291. The molecule has 2 saturated heterocycles. The molecule has 86 valence electrons. The SMILES string of the molecule is O=C(O)CC1CCNC(C2CCOC2)C1. The maximum Gasteiger partial charge on any atom is 0.303 e. The lowest BCUT2D eigenvalue weighted by Gasteiger charge is -2.32. The van der Waals surface area contributed by atoms with Gasteiger partial charge in [-0.05, 0) is 37.6 Å². The number of carboxylic acid groups (broad SMARTS) is 1. The molecule has 0 aromatic heterocycles. The molecule has 0 spiro atoms. The summed E-state index contributed by atoms with van der Waals surface area (Å²) in [5.41, 5.74) is 0. The predicted octanol–water partition coefficient (Wildman–Crippen LogP) is 0.866. The number of carbonyl (C=O) groups is 1. The second kappa shape index (κ2) is 4.94. The first kappa shape index (κ1) is 10.9. The van der Waals surface area contributed by atoms with Crippen LogP contribution in [0, 0.1) is 11.8 Å². The number of piperidine rings is 1. The van der Waals surface area contributed by atoms with E-state index in [2.05, 4.69) is 5.32 Å². The van der Waals surface area contributed by atoms with Crippen LogP contribution in [-0.4, -0.2) is 36.9 Å². The van der Waals surface area contributed by atoms with Crippen molar-refractivity contribution in [2.45, 2.75) is 31.7 Å². The molecule has 2 N–H and O–H groups in total. The van der Waals surface area contributed by atoms with Crippen molar-refractivity contribution in [3.8, 4) is 0 Å². The van der Waals surface area contributed by atoms with Crippen molar-refractivity contribution < 1.29 is 14.6 Å². The Morgan fingerprint density at radius 2 is 2.33 bits per heavy atom. The van der Waals surface area contributed by atoms with Gasteiger partial charge in [0.05, 0.1) is 6.61 Å². The number of nitrogens with one attached hydrogen (secondary N) is 1. The van der Waals surface area contributed by atoms with Gasteiger partial charge in [0, 0.05) is 19.1 Å². The summed E-state index contributed by atoms with van der Waals surface area (Å²) in [4.78, 5) is 10.7. The Kier molecular flexibility index (Phi) is 3.59. The van der Waals surface area contributed by atoms with Crippen LogP contribution in [0.2, 0.25) is 0 Å². The van der Waals surface area contributed by atoms with Gasteiger partial charge >= 0.3 is 5.97 Å². The molecule has 2 aliphatic heterocycles. The largest absolute Gasteiger partial charge is 0.481 e. The molecule has 0 amide bonds. The summed E-state index contributed by atoms with van der Waals surface area (Å²) in [6, 6.07) is 0.477. The van der Waals surface area contributed by atoms with Gasteiger partial charge in [-0.15, -0.1) is 0 Å². The lowest BCUT2D eigenvalue weighted by Crippen LogP contribution is -2.43. The maximum absolute atomic E-state index is 10.7. The average Bonchev–Trinajstić information content (AvgIpc) is 2.69. The molecule has 0 bridgehead atoms. The smallest absolute Gasteiger partial charge is 0.303 e. The van der Waals surface area contributed by atoms with E-state index in [9.17, 15) is 4.79 Å². The van der Waals surface area contributed by atoms with Gasteiger partial charge < -0.3 is 15.2 Å². The highest BCUT2D eigenvalue weighted by Gasteiger charge is 2.31.